The van der Waals surface area contributed by atoms with Gasteiger partial charge in [-0.1, -0.05) is 6.08 Å². The molecule has 1 heterocycles. The van der Waals surface area contributed by atoms with E-state index < -0.39 is 23.3 Å². The molecular formula is C10H12O7. The van der Waals surface area contributed by atoms with Crippen LogP contribution in [-0.2, 0) is 23.9 Å². The minimum absolute atomic E-state index is 0.140. The zero-order valence-corrected chi connectivity index (χ0v) is 9.08. The van der Waals surface area contributed by atoms with Gasteiger partial charge < -0.3 is 19.7 Å². The van der Waals surface area contributed by atoms with Gasteiger partial charge in [-0.3, -0.25) is 9.59 Å². The molecule has 0 saturated carbocycles. The van der Waals surface area contributed by atoms with E-state index in [-0.39, 0.29) is 12.7 Å². The maximum Gasteiger partial charge on any atom is 0.339 e. The van der Waals surface area contributed by atoms with Crippen molar-refractivity contribution in [1.29, 1.82) is 0 Å². The first kappa shape index (κ1) is 13.2. The number of carbonyl (C=O) groups excluding carboxylic acids is 1. The number of esters is 1. The van der Waals surface area contributed by atoms with E-state index in [1.807, 2.05) is 0 Å². The van der Waals surface area contributed by atoms with Gasteiger partial charge in [0.1, 0.15) is 12.7 Å². The summed E-state index contributed by atoms with van der Waals surface area (Å²) in [6.45, 7) is 1.70. The number of hydrogen-bond donors (Lipinski definition) is 2. The molecule has 1 unspecified atom stereocenters. The molecule has 94 valence electrons. The molecule has 7 nitrogen and oxygen atoms in total. The quantitative estimate of drug-likeness (QED) is 0.284. The molecule has 7 heteroatoms. The van der Waals surface area contributed by atoms with Crippen LogP contribution in [0.15, 0.2) is 12.2 Å². The summed E-state index contributed by atoms with van der Waals surface area (Å²) >= 11 is 0. The monoisotopic (exact) mass is 244 g/mol. The van der Waals surface area contributed by atoms with Crippen LogP contribution in [0.5, 0.6) is 0 Å². The summed E-state index contributed by atoms with van der Waals surface area (Å²) in [6.07, 6.45) is 1.70. The summed E-state index contributed by atoms with van der Waals surface area (Å²) in [7, 11) is 0. The van der Waals surface area contributed by atoms with Crippen LogP contribution in [0.4, 0.5) is 0 Å². The van der Waals surface area contributed by atoms with Gasteiger partial charge in [-0.25, -0.2) is 4.79 Å². The molecule has 1 atom stereocenters. The van der Waals surface area contributed by atoms with E-state index in [1.54, 1.807) is 0 Å². The van der Waals surface area contributed by atoms with Crippen LogP contribution in [0.2, 0.25) is 0 Å². The molecule has 1 rings (SSSR count). The number of carboxylic acids is 2. The number of epoxide rings is 1. The van der Waals surface area contributed by atoms with Gasteiger partial charge in [0.05, 0.1) is 6.61 Å². The van der Waals surface area contributed by atoms with Crippen molar-refractivity contribution in [3.05, 3.63) is 12.2 Å². The first-order valence-corrected chi connectivity index (χ1v) is 4.84. The summed E-state index contributed by atoms with van der Waals surface area (Å²) in [5, 5.41) is 17.8. The van der Waals surface area contributed by atoms with E-state index in [0.29, 0.717) is 6.61 Å². The Bertz CT molecular complexity index is 353. The van der Waals surface area contributed by atoms with Crippen molar-refractivity contribution >= 4 is 17.9 Å². The highest BCUT2D eigenvalue weighted by Crippen LogP contribution is 2.23. The Morgan fingerprint density at radius 2 is 1.94 bits per heavy atom. The summed E-state index contributed by atoms with van der Waals surface area (Å²) in [5.41, 5.74) is -2.69. The Hall–Kier alpha value is -1.89. The number of rotatable bonds is 6. The molecule has 0 bridgehead atoms. The second-order valence-electron chi connectivity index (χ2n) is 3.47. The van der Waals surface area contributed by atoms with Crippen molar-refractivity contribution in [3.8, 4) is 0 Å². The Kier molecular flexibility index (Phi) is 3.84. The second kappa shape index (κ2) is 4.96. The predicted molar refractivity (Wildman–Crippen MR) is 53.2 cm³/mol. The molecule has 1 fully saturated rings. The van der Waals surface area contributed by atoms with Crippen LogP contribution in [0.25, 0.3) is 0 Å². The summed E-state index contributed by atoms with van der Waals surface area (Å²) < 4.78 is 9.39. The van der Waals surface area contributed by atoms with Crippen molar-refractivity contribution in [2.75, 3.05) is 13.2 Å². The first-order valence-electron chi connectivity index (χ1n) is 4.84. The molecule has 0 aromatic rings. The molecule has 1 aliphatic heterocycles. The fraction of sp³-hybridized carbons (Fsp3) is 0.500. The lowest BCUT2D eigenvalue weighted by molar-refractivity contribution is -0.174. The van der Waals surface area contributed by atoms with Gasteiger partial charge in [0.25, 0.3) is 5.41 Å². The van der Waals surface area contributed by atoms with Crippen LogP contribution < -0.4 is 0 Å². The zero-order chi connectivity index (χ0) is 13.1. The van der Waals surface area contributed by atoms with Gasteiger partial charge in [-0.05, 0) is 13.0 Å². The maximum absolute atomic E-state index is 11.6. The topological polar surface area (TPSA) is 113 Å². The Morgan fingerprint density at radius 1 is 1.41 bits per heavy atom. The Morgan fingerprint density at radius 3 is 2.29 bits per heavy atom. The molecule has 1 aliphatic rings. The smallest absolute Gasteiger partial charge is 0.339 e. The summed E-state index contributed by atoms with van der Waals surface area (Å²) in [5.74, 6) is -4.90. The van der Waals surface area contributed by atoms with Crippen LogP contribution in [-0.4, -0.2) is 47.4 Å². The SMILES string of the molecule is C/C=C/C(C(=O)O)(C(=O)O)C(=O)OCC1CO1. The third-order valence-electron chi connectivity index (χ3n) is 2.22. The number of carbonyl (C=O) groups is 3. The number of ether oxygens (including phenoxy) is 2. The van der Waals surface area contributed by atoms with Crippen molar-refractivity contribution < 1.29 is 34.1 Å². The van der Waals surface area contributed by atoms with E-state index in [1.165, 1.54) is 13.0 Å². The minimum atomic E-state index is -2.69. The van der Waals surface area contributed by atoms with E-state index in [9.17, 15) is 14.4 Å². The van der Waals surface area contributed by atoms with Crippen LogP contribution in [0.1, 0.15) is 6.92 Å². The van der Waals surface area contributed by atoms with Gasteiger partial charge in [-0.15, -0.1) is 0 Å². The van der Waals surface area contributed by atoms with Crippen LogP contribution >= 0.6 is 0 Å². The number of allylic oxidation sites excluding steroid dienone is 1. The fourth-order valence-corrected chi connectivity index (χ4v) is 1.17. The van der Waals surface area contributed by atoms with Gasteiger partial charge in [-0.2, -0.15) is 0 Å². The van der Waals surface area contributed by atoms with Crippen LogP contribution in [0, 0.1) is 5.41 Å². The molecule has 0 aliphatic carbocycles. The van der Waals surface area contributed by atoms with Crippen molar-refractivity contribution in [2.24, 2.45) is 5.41 Å². The van der Waals surface area contributed by atoms with Gasteiger partial charge >= 0.3 is 17.9 Å². The first-order chi connectivity index (χ1) is 7.95. The molecule has 0 aromatic carbocycles. The standard InChI is InChI=1S/C10H12O7/c1-2-3-10(7(11)12,8(13)14)9(15)17-5-6-4-16-6/h2-3,6H,4-5H2,1H3,(H,11,12)(H,13,14)/b3-2+. The van der Waals surface area contributed by atoms with Crippen molar-refractivity contribution in [2.45, 2.75) is 13.0 Å². The average molecular weight is 244 g/mol. The van der Waals surface area contributed by atoms with Crippen LogP contribution in [0.3, 0.4) is 0 Å². The normalized spacial score (nSPS) is 19.0. The summed E-state index contributed by atoms with van der Waals surface area (Å²) in [6, 6.07) is 0. The fourth-order valence-electron chi connectivity index (χ4n) is 1.17. The largest absolute Gasteiger partial charge is 0.480 e. The van der Waals surface area contributed by atoms with Crippen molar-refractivity contribution in [3.63, 3.8) is 0 Å². The zero-order valence-electron chi connectivity index (χ0n) is 9.08. The molecule has 0 radical (unpaired) electrons. The molecule has 2 N–H and O–H groups in total. The van der Waals surface area contributed by atoms with E-state index in [0.717, 1.165) is 6.08 Å². The number of hydrogen-bond acceptors (Lipinski definition) is 5. The third kappa shape index (κ3) is 2.62. The lowest BCUT2D eigenvalue weighted by Gasteiger charge is -2.18. The Balaban J connectivity index is 2.89. The highest BCUT2D eigenvalue weighted by atomic mass is 16.6. The highest BCUT2D eigenvalue weighted by Gasteiger charge is 2.53. The number of aliphatic carboxylic acids is 2. The van der Waals surface area contributed by atoms with Gasteiger partial charge in [0.15, 0.2) is 0 Å². The van der Waals surface area contributed by atoms with Gasteiger partial charge in [0.2, 0.25) is 0 Å². The minimum Gasteiger partial charge on any atom is -0.480 e. The molecular weight excluding hydrogens is 232 g/mol. The third-order valence-corrected chi connectivity index (χ3v) is 2.22. The molecule has 0 spiro atoms. The molecule has 0 amide bonds. The molecule has 17 heavy (non-hydrogen) atoms. The lowest BCUT2D eigenvalue weighted by atomic mass is 9.88. The van der Waals surface area contributed by atoms with Gasteiger partial charge in [0, 0.05) is 0 Å². The van der Waals surface area contributed by atoms with Crippen molar-refractivity contribution in [1.82, 2.24) is 0 Å². The second-order valence-corrected chi connectivity index (χ2v) is 3.47. The lowest BCUT2D eigenvalue weighted by Crippen LogP contribution is -2.46. The van der Waals surface area contributed by atoms with E-state index in [2.05, 4.69) is 4.74 Å². The predicted octanol–water partition coefficient (Wildman–Crippen LogP) is -0.340. The maximum atomic E-state index is 11.6. The molecule has 1 saturated heterocycles. The molecule has 0 aromatic heterocycles. The summed E-state index contributed by atoms with van der Waals surface area (Å²) in [4.78, 5) is 33.6. The Labute approximate surface area is 96.6 Å². The van der Waals surface area contributed by atoms with E-state index in [4.69, 9.17) is 14.9 Å². The van der Waals surface area contributed by atoms with E-state index >= 15 is 0 Å². The highest BCUT2D eigenvalue weighted by molar-refractivity contribution is 6.18. The number of carboxylic acid groups (broad SMARTS) is 2. The average Bonchev–Trinajstić information content (AvgIpc) is 3.05.